The first-order chi connectivity index (χ1) is 7.55. The van der Waals surface area contributed by atoms with E-state index in [9.17, 15) is 8.42 Å². The number of aromatic nitrogens is 1. The molecule has 0 bridgehead atoms. The molecule has 0 spiro atoms. The lowest BCUT2D eigenvalue weighted by Gasteiger charge is -2.04. The lowest BCUT2D eigenvalue weighted by atomic mass is 10.4. The lowest BCUT2D eigenvalue weighted by molar-refractivity contribution is 0.596. The maximum absolute atomic E-state index is 11.4. The van der Waals surface area contributed by atoms with Gasteiger partial charge in [-0.3, -0.25) is 0 Å². The summed E-state index contributed by atoms with van der Waals surface area (Å²) in [5.74, 6) is 0.941. The van der Waals surface area contributed by atoms with Crippen molar-refractivity contribution in [3.05, 3.63) is 18.3 Å². The summed E-state index contributed by atoms with van der Waals surface area (Å²) in [4.78, 5) is 4.09. The molecule has 6 heteroatoms. The van der Waals surface area contributed by atoms with Crippen LogP contribution < -0.4 is 5.73 Å². The van der Waals surface area contributed by atoms with Crippen molar-refractivity contribution in [2.45, 2.75) is 18.4 Å². The van der Waals surface area contributed by atoms with Gasteiger partial charge in [-0.15, -0.1) is 11.8 Å². The Labute approximate surface area is 101 Å². The third-order valence-corrected chi connectivity index (χ3v) is 5.09. The van der Waals surface area contributed by atoms with Crippen molar-refractivity contribution < 1.29 is 8.42 Å². The fourth-order valence-electron chi connectivity index (χ4n) is 1.20. The molecule has 0 amide bonds. The lowest BCUT2D eigenvalue weighted by Crippen LogP contribution is -2.12. The molecule has 1 aromatic heterocycles. The number of nitrogens with two attached hydrogens (primary N) is 1. The first-order valence-electron chi connectivity index (χ1n) is 5.09. The van der Waals surface area contributed by atoms with Crippen molar-refractivity contribution in [3.8, 4) is 0 Å². The number of thioether (sulfide) groups is 1. The van der Waals surface area contributed by atoms with Gasteiger partial charge in [0.05, 0.1) is 11.4 Å². The Morgan fingerprint density at radius 1 is 1.44 bits per heavy atom. The zero-order chi connectivity index (χ0) is 12.0. The predicted octanol–water partition coefficient (Wildman–Crippen LogP) is 1.58. The highest BCUT2D eigenvalue weighted by Crippen LogP contribution is 2.21. The summed E-state index contributed by atoms with van der Waals surface area (Å²) in [6.45, 7) is 1.86. The first kappa shape index (κ1) is 13.3. The molecule has 0 atom stereocenters. The molecule has 0 radical (unpaired) electrons. The van der Waals surface area contributed by atoms with Gasteiger partial charge in [-0.25, -0.2) is 13.4 Å². The Morgan fingerprint density at radius 3 is 2.81 bits per heavy atom. The molecule has 0 aromatic carbocycles. The molecule has 1 aromatic rings. The van der Waals surface area contributed by atoms with Crippen molar-refractivity contribution >= 4 is 27.3 Å². The molecule has 0 aliphatic heterocycles. The third kappa shape index (κ3) is 4.40. The van der Waals surface area contributed by atoms with Crippen molar-refractivity contribution in [3.63, 3.8) is 0 Å². The molecular formula is C10H16N2O2S2. The van der Waals surface area contributed by atoms with Gasteiger partial charge in [0.25, 0.3) is 0 Å². The minimum atomic E-state index is -2.90. The second kappa shape index (κ2) is 6.10. The monoisotopic (exact) mass is 260 g/mol. The molecule has 4 nitrogen and oxygen atoms in total. The molecule has 0 aliphatic rings. The zero-order valence-corrected chi connectivity index (χ0v) is 10.9. The van der Waals surface area contributed by atoms with Gasteiger partial charge in [0.1, 0.15) is 5.03 Å². The Kier molecular flexibility index (Phi) is 5.08. The van der Waals surface area contributed by atoms with Gasteiger partial charge >= 0.3 is 0 Å². The molecule has 0 fully saturated rings. The molecule has 0 saturated carbocycles. The Morgan fingerprint density at radius 2 is 2.19 bits per heavy atom. The van der Waals surface area contributed by atoms with E-state index in [1.165, 1.54) is 11.8 Å². The maximum atomic E-state index is 11.4. The summed E-state index contributed by atoms with van der Waals surface area (Å²) in [5.41, 5.74) is 6.29. The predicted molar refractivity (Wildman–Crippen MR) is 68.3 cm³/mol. The summed E-state index contributed by atoms with van der Waals surface area (Å²) < 4.78 is 22.9. The summed E-state index contributed by atoms with van der Waals surface area (Å²) in [6.07, 6.45) is 2.32. The molecule has 1 rings (SSSR count). The van der Waals surface area contributed by atoms with Crippen LogP contribution in [0.4, 0.5) is 5.69 Å². The summed E-state index contributed by atoms with van der Waals surface area (Å²) in [6, 6.07) is 3.52. The Bertz CT molecular complexity index is 432. The van der Waals surface area contributed by atoms with Gasteiger partial charge in [0, 0.05) is 17.7 Å². The van der Waals surface area contributed by atoms with Crippen LogP contribution in [0, 0.1) is 0 Å². The van der Waals surface area contributed by atoms with E-state index in [1.54, 1.807) is 18.3 Å². The molecule has 0 aliphatic carbocycles. The van der Waals surface area contributed by atoms with E-state index in [-0.39, 0.29) is 11.5 Å². The second-order valence-electron chi connectivity index (χ2n) is 3.40. The summed E-state index contributed by atoms with van der Waals surface area (Å²) >= 11 is 1.38. The van der Waals surface area contributed by atoms with Crippen LogP contribution in [0.2, 0.25) is 0 Å². The van der Waals surface area contributed by atoms with Crippen LogP contribution in [0.25, 0.3) is 0 Å². The van der Waals surface area contributed by atoms with Crippen molar-refractivity contribution in [1.82, 2.24) is 4.98 Å². The number of hydrogen-bond acceptors (Lipinski definition) is 5. The molecule has 0 saturated heterocycles. The fourth-order valence-corrected chi connectivity index (χ4v) is 3.94. The second-order valence-corrected chi connectivity index (χ2v) is 6.79. The number of nitrogen functional groups attached to an aromatic ring is 1. The quantitative estimate of drug-likeness (QED) is 0.786. The standard InChI is InChI=1S/C10H16N2O2S2/c1-2-7-16(13,14)8-6-15-10-9(11)4-3-5-12-10/h3-5H,2,6-8,11H2,1H3. The van der Waals surface area contributed by atoms with Gasteiger partial charge in [-0.1, -0.05) is 6.92 Å². The van der Waals surface area contributed by atoms with Crippen molar-refractivity contribution in [2.75, 3.05) is 23.0 Å². The molecule has 0 unspecified atom stereocenters. The van der Waals surface area contributed by atoms with Gasteiger partial charge in [-0.2, -0.15) is 0 Å². The van der Waals surface area contributed by atoms with Gasteiger partial charge in [0.2, 0.25) is 0 Å². The van der Waals surface area contributed by atoms with E-state index >= 15 is 0 Å². The number of sulfone groups is 1. The van der Waals surface area contributed by atoms with E-state index in [0.717, 1.165) is 0 Å². The minimum absolute atomic E-state index is 0.182. The molecule has 2 N–H and O–H groups in total. The van der Waals surface area contributed by atoms with Crippen LogP contribution >= 0.6 is 11.8 Å². The van der Waals surface area contributed by atoms with Gasteiger partial charge < -0.3 is 5.73 Å². The highest BCUT2D eigenvalue weighted by atomic mass is 32.2. The van der Waals surface area contributed by atoms with Crippen molar-refractivity contribution in [1.29, 1.82) is 0 Å². The largest absolute Gasteiger partial charge is 0.397 e. The van der Waals surface area contributed by atoms with Crippen LogP contribution in [0.5, 0.6) is 0 Å². The molecule has 16 heavy (non-hydrogen) atoms. The van der Waals surface area contributed by atoms with E-state index in [0.29, 0.717) is 22.9 Å². The minimum Gasteiger partial charge on any atom is -0.397 e. The van der Waals surface area contributed by atoms with E-state index in [4.69, 9.17) is 5.73 Å². The van der Waals surface area contributed by atoms with Crippen LogP contribution in [0.3, 0.4) is 0 Å². The average molecular weight is 260 g/mol. The maximum Gasteiger partial charge on any atom is 0.151 e. The molecule has 90 valence electrons. The first-order valence-corrected chi connectivity index (χ1v) is 7.89. The Balaban J connectivity index is 2.45. The van der Waals surface area contributed by atoms with Crippen LogP contribution in [-0.2, 0) is 9.84 Å². The van der Waals surface area contributed by atoms with Gasteiger partial charge in [0.15, 0.2) is 9.84 Å². The van der Waals surface area contributed by atoms with E-state index in [2.05, 4.69) is 4.98 Å². The normalized spacial score (nSPS) is 11.6. The zero-order valence-electron chi connectivity index (χ0n) is 9.22. The Hall–Kier alpha value is -0.750. The number of nitrogens with zero attached hydrogens (tertiary/aromatic N) is 1. The van der Waals surface area contributed by atoms with Crippen LogP contribution in [0.15, 0.2) is 23.4 Å². The highest BCUT2D eigenvalue weighted by molar-refractivity contribution is 8.00. The summed E-state index contributed by atoms with van der Waals surface area (Å²) in [5, 5.41) is 0.703. The molecular weight excluding hydrogens is 244 g/mol. The average Bonchev–Trinajstić information content (AvgIpc) is 2.20. The van der Waals surface area contributed by atoms with Gasteiger partial charge in [-0.05, 0) is 18.6 Å². The van der Waals surface area contributed by atoms with Crippen LogP contribution in [0.1, 0.15) is 13.3 Å². The SMILES string of the molecule is CCCS(=O)(=O)CCSc1ncccc1N. The van der Waals surface area contributed by atoms with Crippen LogP contribution in [-0.4, -0.2) is 30.7 Å². The number of anilines is 1. The van der Waals surface area contributed by atoms with Crippen molar-refractivity contribution in [2.24, 2.45) is 0 Å². The number of pyridine rings is 1. The summed E-state index contributed by atoms with van der Waals surface area (Å²) in [7, 11) is -2.90. The topological polar surface area (TPSA) is 73.0 Å². The number of hydrogen-bond donors (Lipinski definition) is 1. The van der Waals surface area contributed by atoms with E-state index in [1.807, 2.05) is 6.92 Å². The number of rotatable bonds is 6. The fraction of sp³-hybridized carbons (Fsp3) is 0.500. The van der Waals surface area contributed by atoms with E-state index < -0.39 is 9.84 Å². The smallest absolute Gasteiger partial charge is 0.151 e. The third-order valence-electron chi connectivity index (χ3n) is 1.95. The highest BCUT2D eigenvalue weighted by Gasteiger charge is 2.10. The molecule has 1 heterocycles.